The smallest absolute Gasteiger partial charge is 0.191 e. The van der Waals surface area contributed by atoms with Crippen molar-refractivity contribution in [2.75, 3.05) is 31.9 Å². The van der Waals surface area contributed by atoms with E-state index in [1.54, 1.807) is 0 Å². The topological polar surface area (TPSA) is 56.7 Å². The molecule has 0 bridgehead atoms. The van der Waals surface area contributed by atoms with Gasteiger partial charge in [-0.2, -0.15) is 0 Å². The molecule has 166 valence electrons. The van der Waals surface area contributed by atoms with Gasteiger partial charge in [0.2, 0.25) is 0 Å². The first-order valence-electron chi connectivity index (χ1n) is 11.3. The average molecular weight is 527 g/mol. The Kier molecular flexibility index (Phi) is 14.0. The molecule has 4 atom stereocenters. The Morgan fingerprint density at radius 3 is 2.68 bits per heavy atom. The first kappa shape index (κ1) is 26.1. The first-order valence-corrected chi connectivity index (χ1v) is 12.7. The predicted octanol–water partition coefficient (Wildman–Crippen LogP) is 3.89. The van der Waals surface area contributed by atoms with E-state index in [4.69, 9.17) is 4.99 Å². The number of aliphatic imine (C=N–C) groups is 1. The monoisotopic (exact) mass is 526 g/mol. The lowest BCUT2D eigenvalue weighted by Crippen LogP contribution is -2.46. The van der Waals surface area contributed by atoms with Gasteiger partial charge in [-0.05, 0) is 71.9 Å². The van der Waals surface area contributed by atoms with Crippen LogP contribution in [0.5, 0.6) is 0 Å². The molecule has 1 aliphatic carbocycles. The van der Waals surface area contributed by atoms with Crippen LogP contribution in [0, 0.1) is 0 Å². The summed E-state index contributed by atoms with van der Waals surface area (Å²) in [7, 11) is -0.671. The number of rotatable bonds is 9. The molecular formula is C21H43IN4OS. The summed E-state index contributed by atoms with van der Waals surface area (Å²) in [5.74, 6) is 1.72. The number of hydrogen-bond acceptors (Lipinski definition) is 3. The molecule has 1 heterocycles. The number of unbranched alkanes of at least 4 members (excludes halogenated alkanes) is 1. The number of nitrogens with zero attached hydrogens (tertiary/aromatic N) is 2. The highest BCUT2D eigenvalue weighted by atomic mass is 127. The standard InChI is InChI=1S/C21H42N4OS.HI/c1-4-22-21(24-19-12-10-13-20(17-19)27(26)5-2)23-14-7-9-16-25-15-8-6-11-18(25)3;/h18-20H,4-17H2,1-3H3,(H2,22,23,24);1H. The summed E-state index contributed by atoms with van der Waals surface area (Å²) in [5, 5.41) is 7.35. The van der Waals surface area contributed by atoms with Crippen LogP contribution in [-0.2, 0) is 10.8 Å². The van der Waals surface area contributed by atoms with Crippen molar-refractivity contribution in [3.05, 3.63) is 0 Å². The van der Waals surface area contributed by atoms with Gasteiger partial charge in [-0.1, -0.05) is 19.8 Å². The molecular weight excluding hydrogens is 483 g/mol. The number of likely N-dealkylation sites (tertiary alicyclic amines) is 1. The fourth-order valence-corrected chi connectivity index (χ4v) is 5.72. The summed E-state index contributed by atoms with van der Waals surface area (Å²) in [4.78, 5) is 7.44. The molecule has 28 heavy (non-hydrogen) atoms. The lowest BCUT2D eigenvalue weighted by Gasteiger charge is -2.33. The molecule has 1 saturated heterocycles. The van der Waals surface area contributed by atoms with Crippen molar-refractivity contribution in [2.45, 2.75) is 95.9 Å². The Balaban J connectivity index is 0.00000392. The molecule has 0 radical (unpaired) electrons. The van der Waals surface area contributed by atoms with Crippen molar-refractivity contribution in [3.8, 4) is 0 Å². The molecule has 0 aromatic rings. The highest BCUT2D eigenvalue weighted by Gasteiger charge is 2.26. The molecule has 2 rings (SSSR count). The van der Waals surface area contributed by atoms with E-state index in [0.29, 0.717) is 11.3 Å². The van der Waals surface area contributed by atoms with E-state index in [2.05, 4.69) is 29.4 Å². The van der Waals surface area contributed by atoms with Crippen molar-refractivity contribution in [1.82, 2.24) is 15.5 Å². The van der Waals surface area contributed by atoms with E-state index in [1.165, 1.54) is 45.2 Å². The van der Waals surface area contributed by atoms with Crippen LogP contribution in [0.2, 0.25) is 0 Å². The molecule has 2 N–H and O–H groups in total. The minimum atomic E-state index is -0.671. The van der Waals surface area contributed by atoms with Crippen molar-refractivity contribution in [2.24, 2.45) is 4.99 Å². The van der Waals surface area contributed by atoms with Crippen LogP contribution in [0.25, 0.3) is 0 Å². The number of piperidine rings is 1. The Bertz CT molecular complexity index is 477. The average Bonchev–Trinajstić information content (AvgIpc) is 2.68. The van der Waals surface area contributed by atoms with Gasteiger partial charge in [0.1, 0.15) is 0 Å². The highest BCUT2D eigenvalue weighted by Crippen LogP contribution is 2.23. The van der Waals surface area contributed by atoms with Crippen molar-refractivity contribution in [3.63, 3.8) is 0 Å². The summed E-state index contributed by atoms with van der Waals surface area (Å²) in [6.07, 6.45) is 10.9. The van der Waals surface area contributed by atoms with Crippen LogP contribution >= 0.6 is 24.0 Å². The maximum atomic E-state index is 12.2. The molecule has 5 nitrogen and oxygen atoms in total. The van der Waals surface area contributed by atoms with Crippen LogP contribution in [0.1, 0.15) is 78.6 Å². The Morgan fingerprint density at radius 1 is 1.14 bits per heavy atom. The Labute approximate surface area is 192 Å². The minimum absolute atomic E-state index is 0. The van der Waals surface area contributed by atoms with Gasteiger partial charge in [0, 0.05) is 47.0 Å². The molecule has 0 aromatic carbocycles. The van der Waals surface area contributed by atoms with E-state index in [-0.39, 0.29) is 24.0 Å². The van der Waals surface area contributed by atoms with Gasteiger partial charge >= 0.3 is 0 Å². The van der Waals surface area contributed by atoms with Gasteiger partial charge < -0.3 is 15.5 Å². The first-order chi connectivity index (χ1) is 13.1. The molecule has 0 spiro atoms. The van der Waals surface area contributed by atoms with Crippen LogP contribution in [0.15, 0.2) is 4.99 Å². The highest BCUT2D eigenvalue weighted by molar-refractivity contribution is 14.0. The van der Waals surface area contributed by atoms with E-state index in [9.17, 15) is 4.21 Å². The predicted molar refractivity (Wildman–Crippen MR) is 133 cm³/mol. The molecule has 2 aliphatic rings. The lowest BCUT2D eigenvalue weighted by atomic mass is 9.95. The van der Waals surface area contributed by atoms with Gasteiger partial charge in [-0.25, -0.2) is 0 Å². The minimum Gasteiger partial charge on any atom is -0.357 e. The fraction of sp³-hybridized carbons (Fsp3) is 0.952. The van der Waals surface area contributed by atoms with E-state index < -0.39 is 10.8 Å². The maximum Gasteiger partial charge on any atom is 0.191 e. The van der Waals surface area contributed by atoms with Crippen LogP contribution in [0.4, 0.5) is 0 Å². The van der Waals surface area contributed by atoms with Crippen molar-refractivity contribution in [1.29, 1.82) is 0 Å². The molecule has 7 heteroatoms. The van der Waals surface area contributed by atoms with E-state index in [1.807, 2.05) is 6.92 Å². The summed E-state index contributed by atoms with van der Waals surface area (Å²) < 4.78 is 12.2. The summed E-state index contributed by atoms with van der Waals surface area (Å²) in [5.41, 5.74) is 0. The van der Waals surface area contributed by atoms with Crippen molar-refractivity contribution < 1.29 is 4.21 Å². The number of hydrogen-bond donors (Lipinski definition) is 2. The SMILES string of the molecule is CCNC(=NCCCCN1CCCCC1C)NC1CCCC(S(=O)CC)C1.I. The maximum absolute atomic E-state index is 12.2. The molecule has 1 saturated carbocycles. The second kappa shape index (κ2) is 15.0. The van der Waals surface area contributed by atoms with Crippen LogP contribution in [0.3, 0.4) is 0 Å². The normalized spacial score (nSPS) is 27.7. The Morgan fingerprint density at radius 2 is 1.96 bits per heavy atom. The summed E-state index contributed by atoms with van der Waals surface area (Å²) in [6, 6.07) is 1.17. The van der Waals surface area contributed by atoms with Gasteiger partial charge in [-0.3, -0.25) is 9.20 Å². The molecule has 4 unspecified atom stereocenters. The van der Waals surface area contributed by atoms with Gasteiger partial charge in [-0.15, -0.1) is 24.0 Å². The second-order valence-electron chi connectivity index (χ2n) is 8.15. The van der Waals surface area contributed by atoms with Crippen LogP contribution in [-0.4, -0.2) is 64.3 Å². The zero-order chi connectivity index (χ0) is 19.5. The number of guanidine groups is 1. The van der Waals surface area contributed by atoms with E-state index in [0.717, 1.165) is 56.5 Å². The van der Waals surface area contributed by atoms with Crippen molar-refractivity contribution >= 4 is 40.7 Å². The van der Waals surface area contributed by atoms with Gasteiger partial charge in [0.25, 0.3) is 0 Å². The summed E-state index contributed by atoms with van der Waals surface area (Å²) >= 11 is 0. The zero-order valence-electron chi connectivity index (χ0n) is 18.3. The second-order valence-corrected chi connectivity index (χ2v) is 10.2. The van der Waals surface area contributed by atoms with Gasteiger partial charge in [0.05, 0.1) is 0 Å². The Hall–Kier alpha value is 0.110. The molecule has 1 aliphatic heterocycles. The number of nitrogens with one attached hydrogen (secondary N) is 2. The number of halogens is 1. The van der Waals surface area contributed by atoms with Crippen LogP contribution < -0.4 is 10.6 Å². The van der Waals surface area contributed by atoms with E-state index >= 15 is 0 Å². The quantitative estimate of drug-likeness (QED) is 0.207. The summed E-state index contributed by atoms with van der Waals surface area (Å²) in [6.45, 7) is 10.8. The molecule has 2 fully saturated rings. The third-order valence-corrected chi connectivity index (χ3v) is 7.77. The molecule has 0 aromatic heterocycles. The van der Waals surface area contributed by atoms with Gasteiger partial charge in [0.15, 0.2) is 5.96 Å². The lowest BCUT2D eigenvalue weighted by molar-refractivity contribution is 0.158. The third-order valence-electron chi connectivity index (χ3n) is 6.03. The molecule has 0 amide bonds. The third kappa shape index (κ3) is 9.28. The zero-order valence-corrected chi connectivity index (χ0v) is 21.4. The largest absolute Gasteiger partial charge is 0.357 e. The fourth-order valence-electron chi connectivity index (χ4n) is 4.37.